The molecule has 1 saturated heterocycles. The van der Waals surface area contributed by atoms with E-state index in [-0.39, 0.29) is 30.1 Å². The Labute approximate surface area is 180 Å². The van der Waals surface area contributed by atoms with Crippen LogP contribution >= 0.6 is 11.3 Å². The van der Waals surface area contributed by atoms with E-state index in [1.807, 2.05) is 43.0 Å². The maximum atomic E-state index is 12.7. The van der Waals surface area contributed by atoms with Crippen molar-refractivity contribution in [2.45, 2.75) is 46.1 Å². The molecule has 1 aliphatic rings. The van der Waals surface area contributed by atoms with Gasteiger partial charge in [0.05, 0.1) is 12.1 Å². The van der Waals surface area contributed by atoms with Crippen molar-refractivity contribution in [3.63, 3.8) is 0 Å². The van der Waals surface area contributed by atoms with Crippen LogP contribution in [0.25, 0.3) is 0 Å². The van der Waals surface area contributed by atoms with E-state index >= 15 is 0 Å². The fourth-order valence-corrected chi connectivity index (χ4v) is 3.93. The molecule has 3 rings (SSSR count). The molecule has 0 spiro atoms. The molecule has 3 amide bonds. The summed E-state index contributed by atoms with van der Waals surface area (Å²) in [5, 5.41) is 7.88. The number of piperidine rings is 1. The van der Waals surface area contributed by atoms with Crippen LogP contribution in [-0.2, 0) is 22.6 Å². The van der Waals surface area contributed by atoms with Gasteiger partial charge >= 0.3 is 0 Å². The van der Waals surface area contributed by atoms with Gasteiger partial charge in [-0.1, -0.05) is 26.0 Å². The van der Waals surface area contributed by atoms with E-state index in [4.69, 9.17) is 0 Å². The third-order valence-electron chi connectivity index (χ3n) is 4.95. The molecule has 1 aromatic heterocycles. The Bertz CT molecular complexity index is 903. The third kappa shape index (κ3) is 6.13. The minimum Gasteiger partial charge on any atom is -0.352 e. The molecule has 2 N–H and O–H groups in total. The number of thiazole rings is 1. The van der Waals surface area contributed by atoms with Crippen molar-refractivity contribution in [3.05, 3.63) is 46.5 Å². The number of amides is 3. The van der Waals surface area contributed by atoms with E-state index < -0.39 is 0 Å². The summed E-state index contributed by atoms with van der Waals surface area (Å²) in [4.78, 5) is 42.9. The second-order valence-electron chi connectivity index (χ2n) is 7.79. The highest BCUT2D eigenvalue weighted by molar-refractivity contribution is 7.13. The maximum Gasteiger partial charge on any atom is 0.253 e. The van der Waals surface area contributed by atoms with Crippen LogP contribution in [0.1, 0.15) is 54.7 Å². The second-order valence-corrected chi connectivity index (χ2v) is 8.65. The van der Waals surface area contributed by atoms with E-state index in [0.29, 0.717) is 22.9 Å². The zero-order valence-corrected chi connectivity index (χ0v) is 18.3. The summed E-state index contributed by atoms with van der Waals surface area (Å²) in [6.07, 6.45) is 3.43. The van der Waals surface area contributed by atoms with Gasteiger partial charge in [-0.25, -0.2) is 4.98 Å². The van der Waals surface area contributed by atoms with Crippen LogP contribution in [0.4, 0.5) is 5.13 Å². The lowest BCUT2D eigenvalue weighted by atomic mass is 10.1. The van der Waals surface area contributed by atoms with Crippen molar-refractivity contribution in [2.24, 2.45) is 5.92 Å². The van der Waals surface area contributed by atoms with Crippen molar-refractivity contribution >= 4 is 34.2 Å². The summed E-state index contributed by atoms with van der Waals surface area (Å²) in [6, 6.07) is 7.42. The van der Waals surface area contributed by atoms with Gasteiger partial charge in [0.2, 0.25) is 11.8 Å². The number of aromatic nitrogens is 1. The van der Waals surface area contributed by atoms with Crippen LogP contribution in [0, 0.1) is 5.92 Å². The van der Waals surface area contributed by atoms with E-state index in [1.54, 1.807) is 5.38 Å². The monoisotopic (exact) mass is 428 g/mol. The first-order chi connectivity index (χ1) is 14.4. The largest absolute Gasteiger partial charge is 0.352 e. The number of likely N-dealkylation sites (tertiary alicyclic amines) is 1. The van der Waals surface area contributed by atoms with Gasteiger partial charge in [-0.15, -0.1) is 11.3 Å². The zero-order valence-electron chi connectivity index (χ0n) is 17.4. The normalized spacial score (nSPS) is 13.9. The van der Waals surface area contributed by atoms with Crippen molar-refractivity contribution in [2.75, 3.05) is 18.4 Å². The van der Waals surface area contributed by atoms with Gasteiger partial charge in [-0.2, -0.15) is 0 Å². The summed E-state index contributed by atoms with van der Waals surface area (Å²) >= 11 is 1.31. The van der Waals surface area contributed by atoms with E-state index in [0.717, 1.165) is 31.5 Å². The van der Waals surface area contributed by atoms with Gasteiger partial charge in [-0.3, -0.25) is 14.4 Å². The molecule has 0 bridgehead atoms. The standard InChI is InChI=1S/C22H28N4O3S/c1-15(2)20(28)25-22-24-18(14-30-22)12-19(27)23-13-16-7-6-8-17(11-16)21(29)26-9-4-3-5-10-26/h6-8,11,14-15H,3-5,9-10,12-13H2,1-2H3,(H,23,27)(H,24,25,28). The van der Waals surface area contributed by atoms with Crippen LogP contribution in [0.3, 0.4) is 0 Å². The Hall–Kier alpha value is -2.74. The van der Waals surface area contributed by atoms with Gasteiger partial charge in [-0.05, 0) is 37.0 Å². The molecule has 7 nitrogen and oxygen atoms in total. The van der Waals surface area contributed by atoms with Crippen LogP contribution in [-0.4, -0.2) is 40.7 Å². The molecule has 2 heterocycles. The molecule has 1 fully saturated rings. The van der Waals surface area contributed by atoms with Crippen LogP contribution in [0.2, 0.25) is 0 Å². The molecule has 160 valence electrons. The van der Waals surface area contributed by atoms with Gasteiger partial charge < -0.3 is 15.5 Å². The predicted octanol–water partition coefficient (Wildman–Crippen LogP) is 3.22. The SMILES string of the molecule is CC(C)C(=O)Nc1nc(CC(=O)NCc2cccc(C(=O)N3CCCCC3)c2)cs1. The predicted molar refractivity (Wildman–Crippen MR) is 117 cm³/mol. The molecule has 1 aliphatic heterocycles. The number of hydrogen-bond acceptors (Lipinski definition) is 5. The summed E-state index contributed by atoms with van der Waals surface area (Å²) in [6.45, 7) is 5.60. The van der Waals surface area contributed by atoms with E-state index in [2.05, 4.69) is 15.6 Å². The molecule has 0 saturated carbocycles. The summed E-state index contributed by atoms with van der Waals surface area (Å²) in [5.74, 6) is -0.325. The van der Waals surface area contributed by atoms with Gasteiger partial charge in [0, 0.05) is 36.5 Å². The second kappa shape index (κ2) is 10.3. The number of carbonyl (C=O) groups excluding carboxylic acids is 3. The third-order valence-corrected chi connectivity index (χ3v) is 5.76. The minimum atomic E-state index is -0.158. The Morgan fingerprint density at radius 3 is 2.67 bits per heavy atom. The number of hydrogen-bond donors (Lipinski definition) is 2. The van der Waals surface area contributed by atoms with Crippen LogP contribution < -0.4 is 10.6 Å². The fraction of sp³-hybridized carbons (Fsp3) is 0.455. The lowest BCUT2D eigenvalue weighted by Gasteiger charge is -2.26. The van der Waals surface area contributed by atoms with Crippen molar-refractivity contribution in [3.8, 4) is 0 Å². The molecule has 0 aliphatic carbocycles. The van der Waals surface area contributed by atoms with Crippen LogP contribution in [0.15, 0.2) is 29.6 Å². The maximum absolute atomic E-state index is 12.7. The average molecular weight is 429 g/mol. The molecule has 2 aromatic rings. The number of nitrogens with zero attached hydrogens (tertiary/aromatic N) is 2. The number of carbonyl (C=O) groups is 3. The van der Waals surface area contributed by atoms with Crippen LogP contribution in [0.5, 0.6) is 0 Å². The molecule has 0 atom stereocenters. The highest BCUT2D eigenvalue weighted by Crippen LogP contribution is 2.17. The smallest absolute Gasteiger partial charge is 0.253 e. The minimum absolute atomic E-state index is 0.0568. The topological polar surface area (TPSA) is 91.4 Å². The molecular weight excluding hydrogens is 400 g/mol. The fourth-order valence-electron chi connectivity index (χ4n) is 3.22. The average Bonchev–Trinajstić information content (AvgIpc) is 3.19. The molecule has 0 radical (unpaired) electrons. The van der Waals surface area contributed by atoms with Crippen molar-refractivity contribution < 1.29 is 14.4 Å². The molecule has 30 heavy (non-hydrogen) atoms. The van der Waals surface area contributed by atoms with Gasteiger partial charge in [0.1, 0.15) is 0 Å². The van der Waals surface area contributed by atoms with Gasteiger partial charge in [0.25, 0.3) is 5.91 Å². The lowest BCUT2D eigenvalue weighted by Crippen LogP contribution is -2.35. The van der Waals surface area contributed by atoms with Crippen molar-refractivity contribution in [1.82, 2.24) is 15.2 Å². The summed E-state index contributed by atoms with van der Waals surface area (Å²) < 4.78 is 0. The van der Waals surface area contributed by atoms with E-state index in [1.165, 1.54) is 17.8 Å². The number of nitrogens with one attached hydrogen (secondary N) is 2. The summed E-state index contributed by atoms with van der Waals surface area (Å²) in [7, 11) is 0. The zero-order chi connectivity index (χ0) is 21.5. The Morgan fingerprint density at radius 1 is 1.17 bits per heavy atom. The lowest BCUT2D eigenvalue weighted by molar-refractivity contribution is -0.120. The van der Waals surface area contributed by atoms with Crippen molar-refractivity contribution in [1.29, 1.82) is 0 Å². The first kappa shape index (κ1) is 22.0. The number of anilines is 1. The van der Waals surface area contributed by atoms with E-state index in [9.17, 15) is 14.4 Å². The molecule has 8 heteroatoms. The summed E-state index contributed by atoms with van der Waals surface area (Å²) in [5.41, 5.74) is 2.16. The highest BCUT2D eigenvalue weighted by Gasteiger charge is 2.18. The highest BCUT2D eigenvalue weighted by atomic mass is 32.1. The number of rotatable bonds is 7. The number of benzene rings is 1. The first-order valence-electron chi connectivity index (χ1n) is 10.3. The Kier molecular flexibility index (Phi) is 7.57. The van der Waals surface area contributed by atoms with Gasteiger partial charge in [0.15, 0.2) is 5.13 Å². The first-order valence-corrected chi connectivity index (χ1v) is 11.2. The quantitative estimate of drug-likeness (QED) is 0.708. The Balaban J connectivity index is 1.51. The molecule has 0 unspecified atom stereocenters. The molecular formula is C22H28N4O3S. The Morgan fingerprint density at radius 2 is 1.93 bits per heavy atom. The molecule has 1 aromatic carbocycles.